The van der Waals surface area contributed by atoms with Crippen LogP contribution in [0.4, 0.5) is 0 Å². The predicted molar refractivity (Wildman–Crippen MR) is 109 cm³/mol. The van der Waals surface area contributed by atoms with Crippen LogP contribution in [0.15, 0.2) is 48.5 Å². The van der Waals surface area contributed by atoms with Crippen LogP contribution in [-0.2, 0) is 17.1 Å². The molecule has 0 saturated heterocycles. The maximum atomic E-state index is 4.63. The van der Waals surface area contributed by atoms with Crippen molar-refractivity contribution in [3.8, 4) is 0 Å². The summed E-state index contributed by atoms with van der Waals surface area (Å²) in [6.07, 6.45) is 8.09. The van der Waals surface area contributed by atoms with Gasteiger partial charge in [0, 0.05) is 39.1 Å². The first kappa shape index (κ1) is 18.5. The van der Waals surface area contributed by atoms with Crippen LogP contribution in [0.25, 0.3) is 46.4 Å². The molecule has 0 spiro atoms. The van der Waals surface area contributed by atoms with Gasteiger partial charge in [-0.05, 0) is 72.8 Å². The first-order valence-electron chi connectivity index (χ1n) is 7.85. The fourth-order valence-electron chi connectivity index (χ4n) is 2.94. The molecule has 2 aliphatic rings. The molecule has 0 aliphatic carbocycles. The van der Waals surface area contributed by atoms with Gasteiger partial charge in [-0.15, -0.1) is 0 Å². The Kier molecular flexibility index (Phi) is 5.39. The van der Waals surface area contributed by atoms with Crippen molar-refractivity contribution in [3.05, 3.63) is 71.3 Å². The molecule has 3 aromatic heterocycles. The van der Waals surface area contributed by atoms with Crippen molar-refractivity contribution < 1.29 is 17.1 Å². The zero-order valence-electron chi connectivity index (χ0n) is 13.1. The summed E-state index contributed by atoms with van der Waals surface area (Å²) in [4.78, 5) is 16.0. The molecular formula is C20H17CuGaN4. The molecule has 6 heteroatoms. The summed E-state index contributed by atoms with van der Waals surface area (Å²) in [5.74, 6) is 0. The number of H-pyrrole nitrogens is 2. The van der Waals surface area contributed by atoms with Crippen molar-refractivity contribution in [1.82, 2.24) is 19.9 Å². The molecule has 0 saturated carbocycles. The first-order chi connectivity index (χ1) is 11.8. The van der Waals surface area contributed by atoms with Crippen LogP contribution >= 0.6 is 0 Å². The number of rotatable bonds is 0. The summed E-state index contributed by atoms with van der Waals surface area (Å²) in [7, 11) is 0. The Morgan fingerprint density at radius 1 is 0.500 bits per heavy atom. The van der Waals surface area contributed by atoms with Crippen molar-refractivity contribution in [2.45, 2.75) is 0 Å². The first-order valence-corrected chi connectivity index (χ1v) is 7.85. The van der Waals surface area contributed by atoms with Crippen LogP contribution in [-0.4, -0.2) is 39.7 Å². The average Bonchev–Trinajstić information content (AvgIpc) is 3.32. The van der Waals surface area contributed by atoms with Crippen molar-refractivity contribution in [2.75, 3.05) is 0 Å². The number of aromatic nitrogens is 4. The molecule has 0 atom stereocenters. The SMILES string of the molecule is C1=Cc2cc3ccc(cc4nc(cc5ccc(cc1n2)[nH]5)C=C4)[nH]3.[Cu].[GaH3]. The van der Waals surface area contributed by atoms with Crippen molar-refractivity contribution in [1.29, 1.82) is 0 Å². The summed E-state index contributed by atoms with van der Waals surface area (Å²) >= 11 is 0. The van der Waals surface area contributed by atoms with Gasteiger partial charge in [0.25, 0.3) is 0 Å². The second-order valence-electron chi connectivity index (χ2n) is 5.91. The Labute approximate surface area is 174 Å². The van der Waals surface area contributed by atoms with Crippen LogP contribution in [0.5, 0.6) is 0 Å². The van der Waals surface area contributed by atoms with E-state index in [1.165, 1.54) is 0 Å². The van der Waals surface area contributed by atoms with Crippen molar-refractivity contribution in [2.24, 2.45) is 0 Å². The van der Waals surface area contributed by atoms with E-state index in [2.05, 4.69) is 44.2 Å². The standard InChI is InChI=1S/C20H14N4.Cu.Ga.3H/c1-2-14-10-16-5-6-18(23-16)12-20-8-7-19(24-20)11-17-4-3-15(22-17)9-13(1)21-14;;;;;/h1-12,21,24H;;;;;. The maximum absolute atomic E-state index is 4.63. The quantitative estimate of drug-likeness (QED) is 0.358. The monoisotopic (exact) mass is 445 g/mol. The number of hydrogen-bond acceptors (Lipinski definition) is 2. The van der Waals surface area contributed by atoms with E-state index < -0.39 is 0 Å². The summed E-state index contributed by atoms with van der Waals surface area (Å²) in [5.41, 5.74) is 7.86. The van der Waals surface area contributed by atoms with Gasteiger partial charge in [-0.1, -0.05) is 0 Å². The van der Waals surface area contributed by atoms with E-state index in [0.29, 0.717) is 0 Å². The molecule has 4 nitrogen and oxygen atoms in total. The van der Waals surface area contributed by atoms with Gasteiger partial charge in [0.15, 0.2) is 0 Å². The number of hydrogen-bond donors (Lipinski definition) is 2. The molecule has 8 bridgehead atoms. The summed E-state index contributed by atoms with van der Waals surface area (Å²) in [6, 6.07) is 16.4. The number of fused-ring (bicyclic) bond motifs is 8. The second-order valence-corrected chi connectivity index (χ2v) is 5.91. The molecule has 0 unspecified atom stereocenters. The molecule has 3 aromatic rings. The topological polar surface area (TPSA) is 57.4 Å². The van der Waals surface area contributed by atoms with Gasteiger partial charge < -0.3 is 9.97 Å². The zero-order valence-corrected chi connectivity index (χ0v) is 14.1. The Morgan fingerprint density at radius 3 is 1.04 bits per heavy atom. The van der Waals surface area contributed by atoms with Gasteiger partial charge in [-0.3, -0.25) is 0 Å². The molecule has 1 radical (unpaired) electrons. The van der Waals surface area contributed by atoms with Crippen LogP contribution in [0.2, 0.25) is 0 Å². The molecule has 0 fully saturated rings. The third kappa shape index (κ3) is 3.79. The molecule has 26 heavy (non-hydrogen) atoms. The summed E-state index contributed by atoms with van der Waals surface area (Å²) in [6.45, 7) is 0. The normalized spacial score (nSPS) is 11.7. The third-order valence-corrected chi connectivity index (χ3v) is 4.04. The van der Waals surface area contributed by atoms with Crippen LogP contribution in [0.1, 0.15) is 22.8 Å². The van der Waals surface area contributed by atoms with E-state index in [0.717, 1.165) is 44.8 Å². The van der Waals surface area contributed by atoms with Crippen LogP contribution in [0.3, 0.4) is 0 Å². The van der Waals surface area contributed by atoms with Gasteiger partial charge in [0.1, 0.15) is 0 Å². The average molecular weight is 447 g/mol. The van der Waals surface area contributed by atoms with Gasteiger partial charge in [-0.25, -0.2) is 9.97 Å². The van der Waals surface area contributed by atoms with Gasteiger partial charge >= 0.3 is 19.8 Å². The Morgan fingerprint density at radius 2 is 0.769 bits per heavy atom. The van der Waals surface area contributed by atoms with E-state index in [1.54, 1.807) is 0 Å². The Bertz CT molecular complexity index is 996. The minimum absolute atomic E-state index is 0. The minimum atomic E-state index is 0. The molecule has 2 N–H and O–H groups in total. The molecule has 5 heterocycles. The molecule has 0 aromatic carbocycles. The second kappa shape index (κ2) is 7.56. The fourth-order valence-corrected chi connectivity index (χ4v) is 2.94. The van der Waals surface area contributed by atoms with E-state index >= 15 is 0 Å². The molecular weight excluding hydrogens is 430 g/mol. The van der Waals surface area contributed by atoms with Crippen LogP contribution < -0.4 is 0 Å². The number of nitrogens with zero attached hydrogens (tertiary/aromatic N) is 2. The van der Waals surface area contributed by atoms with E-state index in [-0.39, 0.29) is 36.9 Å². The van der Waals surface area contributed by atoms with Gasteiger partial charge in [-0.2, -0.15) is 0 Å². The number of nitrogens with one attached hydrogen (secondary N) is 2. The molecule has 5 rings (SSSR count). The number of aromatic amines is 2. The Hall–Kier alpha value is -2.24. The summed E-state index contributed by atoms with van der Waals surface area (Å²) in [5, 5.41) is 0. The Balaban J connectivity index is 0.000000980. The van der Waals surface area contributed by atoms with Gasteiger partial charge in [0.05, 0.1) is 22.8 Å². The molecule has 131 valence electrons. The predicted octanol–water partition coefficient (Wildman–Crippen LogP) is 3.47. The fraction of sp³-hybridized carbons (Fsp3) is 0. The van der Waals surface area contributed by atoms with Crippen molar-refractivity contribution in [3.63, 3.8) is 0 Å². The van der Waals surface area contributed by atoms with E-state index in [1.807, 2.05) is 48.6 Å². The summed E-state index contributed by atoms with van der Waals surface area (Å²) < 4.78 is 0. The van der Waals surface area contributed by atoms with E-state index in [9.17, 15) is 0 Å². The van der Waals surface area contributed by atoms with E-state index in [4.69, 9.17) is 0 Å². The molecule has 0 amide bonds. The zero-order chi connectivity index (χ0) is 15.9. The molecule has 2 aliphatic heterocycles. The van der Waals surface area contributed by atoms with Crippen LogP contribution in [0, 0.1) is 0 Å². The van der Waals surface area contributed by atoms with Crippen molar-refractivity contribution >= 4 is 66.2 Å². The third-order valence-electron chi connectivity index (χ3n) is 4.04. The van der Waals surface area contributed by atoms with Gasteiger partial charge in [0.2, 0.25) is 0 Å².